The van der Waals surface area contributed by atoms with Crippen LogP contribution in [0.1, 0.15) is 30.1 Å². The Morgan fingerprint density at radius 2 is 2.00 bits per heavy atom. The molecule has 1 fully saturated rings. The number of rotatable bonds is 2. The predicted molar refractivity (Wildman–Crippen MR) is 75.0 cm³/mol. The van der Waals surface area contributed by atoms with Crippen LogP contribution in [0.5, 0.6) is 0 Å². The molecule has 0 spiro atoms. The molecule has 0 atom stereocenters. The number of carbonyl (C=O) groups excluding carboxylic acids is 1. The number of halogens is 1. The maximum Gasteiger partial charge on any atom is 0.248 e. The van der Waals surface area contributed by atoms with E-state index in [1.54, 1.807) is 12.1 Å². The molecule has 1 amide bonds. The molecule has 0 bridgehead atoms. The molecule has 1 aliphatic rings. The molecule has 0 aromatic heterocycles. The van der Waals surface area contributed by atoms with Crippen LogP contribution in [0, 0.1) is 5.92 Å². The van der Waals surface area contributed by atoms with Gasteiger partial charge in [-0.15, -0.1) is 0 Å². The lowest BCUT2D eigenvalue weighted by atomic mass is 9.98. The highest BCUT2D eigenvalue weighted by atomic mass is 35.5. The van der Waals surface area contributed by atoms with Crippen molar-refractivity contribution in [2.75, 3.05) is 23.7 Å². The number of hydrogen-bond donors (Lipinski definition) is 2. The zero-order valence-corrected chi connectivity index (χ0v) is 11.2. The van der Waals surface area contributed by atoms with Crippen LogP contribution in [0.15, 0.2) is 12.1 Å². The summed E-state index contributed by atoms with van der Waals surface area (Å²) in [7, 11) is 0. The monoisotopic (exact) mass is 267 g/mol. The number of primary amides is 1. The Labute approximate surface area is 112 Å². The lowest BCUT2D eigenvalue weighted by Gasteiger charge is -2.33. The van der Waals surface area contributed by atoms with Crippen molar-refractivity contribution in [1.29, 1.82) is 0 Å². The first-order valence-corrected chi connectivity index (χ1v) is 6.50. The summed E-state index contributed by atoms with van der Waals surface area (Å²) in [5.41, 5.74) is 12.9. The minimum atomic E-state index is -0.512. The van der Waals surface area contributed by atoms with Crippen LogP contribution in [0.25, 0.3) is 0 Å². The number of nitrogens with zero attached hydrogens (tertiary/aromatic N) is 1. The van der Waals surface area contributed by atoms with Crippen LogP contribution >= 0.6 is 11.6 Å². The van der Waals surface area contributed by atoms with Crippen molar-refractivity contribution < 1.29 is 4.79 Å². The maximum atomic E-state index is 11.1. The van der Waals surface area contributed by atoms with Gasteiger partial charge in [-0.3, -0.25) is 4.79 Å². The quantitative estimate of drug-likeness (QED) is 0.808. The Balaban J connectivity index is 2.31. The Kier molecular flexibility index (Phi) is 3.66. The zero-order valence-electron chi connectivity index (χ0n) is 10.4. The summed E-state index contributed by atoms with van der Waals surface area (Å²) < 4.78 is 0. The zero-order chi connectivity index (χ0) is 13.3. The number of nitrogen functional groups attached to an aromatic ring is 1. The first-order valence-electron chi connectivity index (χ1n) is 6.13. The summed E-state index contributed by atoms with van der Waals surface area (Å²) in [6.07, 6.45) is 2.26. The van der Waals surface area contributed by atoms with E-state index in [0.29, 0.717) is 16.3 Å². The summed E-state index contributed by atoms with van der Waals surface area (Å²) in [5, 5.41) is 0.498. The van der Waals surface area contributed by atoms with Gasteiger partial charge >= 0.3 is 0 Å². The average Bonchev–Trinajstić information content (AvgIpc) is 2.30. The van der Waals surface area contributed by atoms with Crippen LogP contribution in [0.2, 0.25) is 5.02 Å². The van der Waals surface area contributed by atoms with Crippen molar-refractivity contribution in [3.63, 3.8) is 0 Å². The standard InChI is InChI=1S/C13H18ClN3O/c1-8-2-4-17(5-3-8)12-10(14)6-9(13(16)18)7-11(12)15/h6-8H,2-5,15H2,1H3,(H2,16,18). The topological polar surface area (TPSA) is 72.3 Å². The van der Waals surface area contributed by atoms with Crippen molar-refractivity contribution in [1.82, 2.24) is 0 Å². The van der Waals surface area contributed by atoms with E-state index in [1.807, 2.05) is 0 Å². The highest BCUT2D eigenvalue weighted by Gasteiger charge is 2.21. The number of benzene rings is 1. The Morgan fingerprint density at radius 3 is 2.50 bits per heavy atom. The van der Waals surface area contributed by atoms with Gasteiger partial charge in [-0.1, -0.05) is 18.5 Å². The molecule has 0 radical (unpaired) electrons. The van der Waals surface area contributed by atoms with E-state index >= 15 is 0 Å². The summed E-state index contributed by atoms with van der Waals surface area (Å²) in [6.45, 7) is 4.14. The molecule has 1 aromatic carbocycles. The predicted octanol–water partition coefficient (Wildman–Crippen LogP) is 2.26. The second-order valence-corrected chi connectivity index (χ2v) is 5.34. The second-order valence-electron chi connectivity index (χ2n) is 4.93. The van der Waals surface area contributed by atoms with Gasteiger partial charge in [0.25, 0.3) is 0 Å². The van der Waals surface area contributed by atoms with Gasteiger partial charge in [0.1, 0.15) is 0 Å². The first kappa shape index (κ1) is 13.0. The summed E-state index contributed by atoms with van der Waals surface area (Å²) in [4.78, 5) is 13.3. The molecule has 2 rings (SSSR count). The molecule has 0 aliphatic carbocycles. The third-order valence-electron chi connectivity index (χ3n) is 3.48. The smallest absolute Gasteiger partial charge is 0.248 e. The fourth-order valence-corrected chi connectivity index (χ4v) is 2.67. The average molecular weight is 268 g/mol. The molecule has 0 saturated carbocycles. The molecule has 1 heterocycles. The van der Waals surface area contributed by atoms with E-state index in [9.17, 15) is 4.79 Å². The number of hydrogen-bond acceptors (Lipinski definition) is 3. The Bertz CT molecular complexity index is 444. The van der Waals surface area contributed by atoms with Gasteiger partial charge < -0.3 is 16.4 Å². The number of piperidine rings is 1. The normalized spacial score (nSPS) is 16.9. The summed E-state index contributed by atoms with van der Waals surface area (Å²) in [6, 6.07) is 3.19. The molecular weight excluding hydrogens is 250 g/mol. The van der Waals surface area contributed by atoms with Crippen molar-refractivity contribution in [2.24, 2.45) is 11.7 Å². The number of amides is 1. The van der Waals surface area contributed by atoms with Crippen molar-refractivity contribution >= 4 is 28.9 Å². The molecule has 1 aliphatic heterocycles. The van der Waals surface area contributed by atoms with Gasteiger partial charge in [-0.25, -0.2) is 0 Å². The second kappa shape index (κ2) is 5.06. The van der Waals surface area contributed by atoms with Gasteiger partial charge in [-0.2, -0.15) is 0 Å². The van der Waals surface area contributed by atoms with E-state index in [1.165, 1.54) is 0 Å². The molecule has 98 valence electrons. The lowest BCUT2D eigenvalue weighted by Crippen LogP contribution is -2.33. The van der Waals surface area contributed by atoms with E-state index in [0.717, 1.165) is 37.5 Å². The molecule has 0 unspecified atom stereocenters. The summed E-state index contributed by atoms with van der Waals surface area (Å²) >= 11 is 6.22. The molecule has 18 heavy (non-hydrogen) atoms. The van der Waals surface area contributed by atoms with Gasteiger partial charge in [0.05, 0.1) is 16.4 Å². The third kappa shape index (κ3) is 2.53. The third-order valence-corrected chi connectivity index (χ3v) is 3.77. The van der Waals surface area contributed by atoms with Crippen LogP contribution in [0.4, 0.5) is 11.4 Å². The highest BCUT2D eigenvalue weighted by molar-refractivity contribution is 6.34. The molecule has 4 nitrogen and oxygen atoms in total. The largest absolute Gasteiger partial charge is 0.397 e. The molecule has 1 saturated heterocycles. The maximum absolute atomic E-state index is 11.1. The molecule has 5 heteroatoms. The van der Waals surface area contributed by atoms with Crippen LogP contribution < -0.4 is 16.4 Å². The highest BCUT2D eigenvalue weighted by Crippen LogP contribution is 2.35. The molecule has 4 N–H and O–H groups in total. The van der Waals surface area contributed by atoms with E-state index in [4.69, 9.17) is 23.1 Å². The number of carbonyl (C=O) groups is 1. The van der Waals surface area contributed by atoms with E-state index in [-0.39, 0.29) is 0 Å². The minimum Gasteiger partial charge on any atom is -0.397 e. The van der Waals surface area contributed by atoms with E-state index < -0.39 is 5.91 Å². The van der Waals surface area contributed by atoms with Gasteiger partial charge in [-0.05, 0) is 30.9 Å². The van der Waals surface area contributed by atoms with Crippen LogP contribution in [0.3, 0.4) is 0 Å². The van der Waals surface area contributed by atoms with Crippen molar-refractivity contribution in [3.8, 4) is 0 Å². The fraction of sp³-hybridized carbons (Fsp3) is 0.462. The number of nitrogens with two attached hydrogens (primary N) is 2. The lowest BCUT2D eigenvalue weighted by molar-refractivity contribution is 0.100. The van der Waals surface area contributed by atoms with Gasteiger partial charge in [0, 0.05) is 18.7 Å². The SMILES string of the molecule is CC1CCN(c2c(N)cc(C(N)=O)cc2Cl)CC1. The molecular formula is C13H18ClN3O. The van der Waals surface area contributed by atoms with E-state index in [2.05, 4.69) is 11.8 Å². The van der Waals surface area contributed by atoms with Gasteiger partial charge in [0.2, 0.25) is 5.91 Å². The number of anilines is 2. The summed E-state index contributed by atoms with van der Waals surface area (Å²) in [5.74, 6) is 0.230. The van der Waals surface area contributed by atoms with Crippen molar-refractivity contribution in [2.45, 2.75) is 19.8 Å². The van der Waals surface area contributed by atoms with Gasteiger partial charge in [0.15, 0.2) is 0 Å². The van der Waals surface area contributed by atoms with Crippen LogP contribution in [-0.4, -0.2) is 19.0 Å². The Hall–Kier alpha value is -1.42. The van der Waals surface area contributed by atoms with Crippen molar-refractivity contribution in [3.05, 3.63) is 22.7 Å². The van der Waals surface area contributed by atoms with Crippen LogP contribution in [-0.2, 0) is 0 Å². The first-order chi connectivity index (χ1) is 8.49. The minimum absolute atomic E-state index is 0.353. The Morgan fingerprint density at radius 1 is 1.39 bits per heavy atom. The fourth-order valence-electron chi connectivity index (χ4n) is 2.33. The molecule has 1 aromatic rings.